The topological polar surface area (TPSA) is 63.0 Å². The van der Waals surface area contributed by atoms with Gasteiger partial charge in [-0.05, 0) is 61.4 Å². The molecule has 0 aliphatic carbocycles. The van der Waals surface area contributed by atoms with Gasteiger partial charge >= 0.3 is 0 Å². The molecule has 0 bridgehead atoms. The summed E-state index contributed by atoms with van der Waals surface area (Å²) in [6.45, 7) is 3.51. The predicted molar refractivity (Wildman–Crippen MR) is 133 cm³/mol. The van der Waals surface area contributed by atoms with Gasteiger partial charge in [-0.15, -0.1) is 0 Å². The fourth-order valence-corrected chi connectivity index (χ4v) is 3.76. The summed E-state index contributed by atoms with van der Waals surface area (Å²) in [6.07, 6.45) is 2.09. The summed E-state index contributed by atoms with van der Waals surface area (Å²) >= 11 is 12.1. The Morgan fingerprint density at radius 3 is 2.43 bits per heavy atom. The highest BCUT2D eigenvalue weighted by Crippen LogP contribution is 2.23. The maximum atomic E-state index is 13.4. The van der Waals surface area contributed by atoms with E-state index in [0.29, 0.717) is 42.5 Å². The average Bonchev–Trinajstić information content (AvgIpc) is 3.36. The molecule has 1 aromatic heterocycles. The van der Waals surface area contributed by atoms with Crippen molar-refractivity contribution in [3.63, 3.8) is 0 Å². The number of hydrogen-bond acceptors (Lipinski definition) is 4. The molecule has 0 aliphatic rings. The summed E-state index contributed by atoms with van der Waals surface area (Å²) in [5.74, 6) is -0.381. The summed E-state index contributed by atoms with van der Waals surface area (Å²) in [5.41, 5.74) is 1.09. The van der Waals surface area contributed by atoms with Crippen LogP contribution >= 0.6 is 23.2 Å². The Balaban J connectivity index is 1.80. The lowest BCUT2D eigenvalue weighted by Crippen LogP contribution is -2.43. The van der Waals surface area contributed by atoms with Gasteiger partial charge in [-0.25, -0.2) is 4.39 Å². The molecule has 0 radical (unpaired) electrons. The lowest BCUT2D eigenvalue weighted by molar-refractivity contribution is -0.133. The van der Waals surface area contributed by atoms with Crippen LogP contribution < -0.4 is 0 Å². The van der Waals surface area contributed by atoms with Crippen LogP contribution in [-0.4, -0.2) is 47.9 Å². The number of amides is 2. The fourth-order valence-electron chi connectivity index (χ4n) is 3.46. The van der Waals surface area contributed by atoms with E-state index in [1.165, 1.54) is 29.4 Å². The van der Waals surface area contributed by atoms with Crippen LogP contribution in [0.5, 0.6) is 0 Å². The standard InChI is InChI=1S/C26H27Cl2FN2O4/c1-2-34-13-4-12-30(26(33)20-8-11-23(27)24(28)15-20)18-25(32)31(17-22-5-3-14-35-22)16-19-6-9-21(29)10-7-19/h3,5-11,14-15H,2,4,12-13,16-18H2,1H3. The molecule has 9 heteroatoms. The van der Waals surface area contributed by atoms with Gasteiger partial charge in [0.2, 0.25) is 5.91 Å². The van der Waals surface area contributed by atoms with E-state index >= 15 is 0 Å². The number of nitrogens with zero attached hydrogens (tertiary/aromatic N) is 2. The van der Waals surface area contributed by atoms with Gasteiger partial charge in [-0.1, -0.05) is 35.3 Å². The minimum Gasteiger partial charge on any atom is -0.467 e. The maximum Gasteiger partial charge on any atom is 0.254 e. The third-order valence-electron chi connectivity index (χ3n) is 5.27. The van der Waals surface area contributed by atoms with Crippen LogP contribution in [-0.2, 0) is 22.6 Å². The number of halogens is 3. The first-order valence-electron chi connectivity index (χ1n) is 11.2. The van der Waals surface area contributed by atoms with E-state index in [9.17, 15) is 14.0 Å². The Labute approximate surface area is 214 Å². The van der Waals surface area contributed by atoms with Gasteiger partial charge in [0, 0.05) is 31.9 Å². The molecule has 3 aromatic rings. The van der Waals surface area contributed by atoms with E-state index in [4.69, 9.17) is 32.4 Å². The van der Waals surface area contributed by atoms with Crippen molar-refractivity contribution in [2.75, 3.05) is 26.3 Å². The zero-order chi connectivity index (χ0) is 25.2. The van der Waals surface area contributed by atoms with Gasteiger partial charge in [0.25, 0.3) is 5.91 Å². The van der Waals surface area contributed by atoms with Crippen LogP contribution in [0.25, 0.3) is 0 Å². The molecule has 1 heterocycles. The van der Waals surface area contributed by atoms with Crippen LogP contribution in [0.2, 0.25) is 10.0 Å². The molecule has 35 heavy (non-hydrogen) atoms. The van der Waals surface area contributed by atoms with Crippen LogP contribution in [0.3, 0.4) is 0 Å². The molecule has 0 atom stereocenters. The second-order valence-electron chi connectivity index (χ2n) is 7.86. The van der Waals surface area contributed by atoms with E-state index in [1.54, 1.807) is 41.3 Å². The molecule has 6 nitrogen and oxygen atoms in total. The average molecular weight is 521 g/mol. The molecule has 0 aliphatic heterocycles. The Morgan fingerprint density at radius 2 is 1.77 bits per heavy atom. The second kappa shape index (κ2) is 13.3. The molecular weight excluding hydrogens is 494 g/mol. The lowest BCUT2D eigenvalue weighted by atomic mass is 10.1. The Kier molecular flexibility index (Phi) is 10.1. The molecule has 186 valence electrons. The first-order valence-corrected chi connectivity index (χ1v) is 12.0. The van der Waals surface area contributed by atoms with E-state index in [2.05, 4.69) is 0 Å². The third-order valence-corrected chi connectivity index (χ3v) is 6.01. The van der Waals surface area contributed by atoms with Crippen molar-refractivity contribution in [2.24, 2.45) is 0 Å². The first-order chi connectivity index (χ1) is 16.9. The molecule has 2 aromatic carbocycles. The minimum absolute atomic E-state index is 0.160. The van der Waals surface area contributed by atoms with Crippen LogP contribution in [0.1, 0.15) is 35.0 Å². The smallest absolute Gasteiger partial charge is 0.254 e. The highest BCUT2D eigenvalue weighted by Gasteiger charge is 2.24. The molecule has 0 fully saturated rings. The summed E-state index contributed by atoms with van der Waals surface area (Å²) in [4.78, 5) is 29.8. The number of rotatable bonds is 12. The quantitative estimate of drug-likeness (QED) is 0.282. The molecule has 0 saturated heterocycles. The normalized spacial score (nSPS) is 10.9. The van der Waals surface area contributed by atoms with E-state index in [0.717, 1.165) is 5.56 Å². The minimum atomic E-state index is -0.356. The number of hydrogen-bond donors (Lipinski definition) is 0. The second-order valence-corrected chi connectivity index (χ2v) is 8.68. The molecule has 0 spiro atoms. The molecule has 0 N–H and O–H groups in total. The fraction of sp³-hybridized carbons (Fsp3) is 0.308. The van der Waals surface area contributed by atoms with E-state index < -0.39 is 0 Å². The summed E-state index contributed by atoms with van der Waals surface area (Å²) < 4.78 is 24.2. The highest BCUT2D eigenvalue weighted by molar-refractivity contribution is 6.42. The van der Waals surface area contributed by atoms with Gasteiger partial charge < -0.3 is 19.0 Å². The largest absolute Gasteiger partial charge is 0.467 e. The number of carbonyl (C=O) groups excluding carboxylic acids is 2. The van der Waals surface area contributed by atoms with Crippen molar-refractivity contribution in [1.29, 1.82) is 0 Å². The van der Waals surface area contributed by atoms with E-state index in [1.807, 2.05) is 6.92 Å². The summed E-state index contributed by atoms with van der Waals surface area (Å²) in [6, 6.07) is 14.1. The van der Waals surface area contributed by atoms with Crippen molar-refractivity contribution >= 4 is 35.0 Å². The zero-order valence-corrected chi connectivity index (χ0v) is 20.9. The van der Waals surface area contributed by atoms with Crippen molar-refractivity contribution in [3.05, 3.63) is 93.6 Å². The first kappa shape index (κ1) is 26.7. The number of benzene rings is 2. The zero-order valence-electron chi connectivity index (χ0n) is 19.4. The maximum absolute atomic E-state index is 13.4. The summed E-state index contributed by atoms with van der Waals surface area (Å²) in [7, 11) is 0. The van der Waals surface area contributed by atoms with Crippen LogP contribution in [0, 0.1) is 5.82 Å². The molecule has 2 amide bonds. The molecular formula is C26H27Cl2FN2O4. The highest BCUT2D eigenvalue weighted by atomic mass is 35.5. The monoisotopic (exact) mass is 520 g/mol. The summed E-state index contributed by atoms with van der Waals surface area (Å²) in [5, 5.41) is 0.597. The number of ether oxygens (including phenoxy) is 1. The van der Waals surface area contributed by atoms with Crippen molar-refractivity contribution in [1.82, 2.24) is 9.80 Å². The van der Waals surface area contributed by atoms with Gasteiger partial charge in [0.1, 0.15) is 18.1 Å². The van der Waals surface area contributed by atoms with Crippen molar-refractivity contribution in [2.45, 2.75) is 26.4 Å². The van der Waals surface area contributed by atoms with E-state index in [-0.39, 0.29) is 42.3 Å². The Hall–Kier alpha value is -2.87. The van der Waals surface area contributed by atoms with Gasteiger partial charge in [-0.2, -0.15) is 0 Å². The Morgan fingerprint density at radius 1 is 1.00 bits per heavy atom. The lowest BCUT2D eigenvalue weighted by Gasteiger charge is -2.27. The predicted octanol–water partition coefficient (Wildman–Crippen LogP) is 5.82. The van der Waals surface area contributed by atoms with Crippen molar-refractivity contribution < 1.29 is 23.1 Å². The van der Waals surface area contributed by atoms with Crippen LogP contribution in [0.4, 0.5) is 4.39 Å². The number of carbonyl (C=O) groups is 2. The van der Waals surface area contributed by atoms with Gasteiger partial charge in [0.05, 0.1) is 22.9 Å². The third kappa shape index (κ3) is 8.09. The van der Waals surface area contributed by atoms with Gasteiger partial charge in [0.15, 0.2) is 0 Å². The number of furan rings is 1. The Bertz CT molecular complexity index is 1110. The molecule has 0 unspecified atom stereocenters. The van der Waals surface area contributed by atoms with Crippen molar-refractivity contribution in [3.8, 4) is 0 Å². The molecule has 3 rings (SSSR count). The van der Waals surface area contributed by atoms with Crippen LogP contribution in [0.15, 0.2) is 65.3 Å². The van der Waals surface area contributed by atoms with Gasteiger partial charge in [-0.3, -0.25) is 9.59 Å². The molecule has 0 saturated carbocycles. The SMILES string of the molecule is CCOCCCN(CC(=O)N(Cc1ccc(F)cc1)Cc1ccco1)C(=O)c1ccc(Cl)c(Cl)c1.